The van der Waals surface area contributed by atoms with Gasteiger partial charge in [-0.1, -0.05) is 24.3 Å². The number of nitrogens with one attached hydrogen (secondary N) is 1. The van der Waals surface area contributed by atoms with Gasteiger partial charge in [-0.2, -0.15) is 0 Å². The van der Waals surface area contributed by atoms with Crippen LogP contribution in [-0.4, -0.2) is 40.6 Å². The Labute approximate surface area is 140 Å². The topological polar surface area (TPSA) is 24.9 Å². The molecule has 1 heterocycles. The Morgan fingerprint density at radius 3 is 2.65 bits per heavy atom. The maximum atomic E-state index is 4.29. The van der Waals surface area contributed by atoms with Gasteiger partial charge in [-0.25, -0.2) is 0 Å². The van der Waals surface area contributed by atoms with Crippen molar-refractivity contribution < 1.29 is 0 Å². The molecular weight excluding hydrogens is 255 g/mol. The van der Waals surface area contributed by atoms with Crippen molar-refractivity contribution in [1.29, 1.82) is 0 Å². The van der Waals surface area contributed by atoms with E-state index in [1.165, 1.54) is 46.5 Å². The molecule has 0 amide bonds. The minimum absolute atomic E-state index is 0. The van der Waals surface area contributed by atoms with Gasteiger partial charge in [0, 0.05) is 64.5 Å². The largest absolute Gasteiger partial charge is 0.382 e. The Hall–Kier alpha value is -1.09. The molecule has 0 aliphatic heterocycles. The summed E-state index contributed by atoms with van der Waals surface area (Å²) in [5.74, 6) is 0. The Bertz CT molecular complexity index is 750. The quantitative estimate of drug-likeness (QED) is 0.563. The van der Waals surface area contributed by atoms with E-state index in [4.69, 9.17) is 0 Å². The number of anilines is 1. The number of fused-ring (bicyclic) bond motifs is 3. The molecule has 4 rings (SSSR count). The first-order valence-electron chi connectivity index (χ1n) is 6.94. The van der Waals surface area contributed by atoms with Crippen LogP contribution in [0.2, 0.25) is 0 Å². The third-order valence-electron chi connectivity index (χ3n) is 4.13. The van der Waals surface area contributed by atoms with Gasteiger partial charge in [-0.15, -0.1) is 0 Å². The predicted octanol–water partition coefficient (Wildman–Crippen LogP) is 3.97. The van der Waals surface area contributed by atoms with E-state index in [2.05, 4.69) is 46.7 Å². The molecule has 0 bridgehead atoms. The summed E-state index contributed by atoms with van der Waals surface area (Å²) in [6.07, 6.45) is 7.79. The second-order valence-electron chi connectivity index (χ2n) is 5.34. The summed E-state index contributed by atoms with van der Waals surface area (Å²) in [5, 5.41) is 8.77. The summed E-state index contributed by atoms with van der Waals surface area (Å²) in [6, 6.07) is 13.6. The molecular formula is C17H16N2Na. The molecule has 1 saturated carbocycles. The molecule has 2 aromatic carbocycles. The molecule has 1 radical (unpaired) electrons. The summed E-state index contributed by atoms with van der Waals surface area (Å²) in [6.45, 7) is 0. The van der Waals surface area contributed by atoms with Crippen molar-refractivity contribution in [1.82, 2.24) is 4.98 Å². The van der Waals surface area contributed by atoms with Gasteiger partial charge in [-0.3, -0.25) is 4.98 Å². The van der Waals surface area contributed by atoms with Crippen LogP contribution >= 0.6 is 0 Å². The zero-order chi connectivity index (χ0) is 12.7. The Balaban J connectivity index is 0.00000121. The average molecular weight is 271 g/mol. The van der Waals surface area contributed by atoms with Crippen LogP contribution in [0.15, 0.2) is 48.8 Å². The molecule has 0 saturated heterocycles. The minimum Gasteiger partial charge on any atom is -0.382 e. The van der Waals surface area contributed by atoms with Gasteiger partial charge < -0.3 is 5.32 Å². The Morgan fingerprint density at radius 1 is 1.00 bits per heavy atom. The molecule has 1 fully saturated rings. The van der Waals surface area contributed by atoms with Crippen LogP contribution in [0, 0.1) is 0 Å². The van der Waals surface area contributed by atoms with E-state index in [0.29, 0.717) is 6.04 Å². The average Bonchev–Trinajstić information content (AvgIpc) is 2.43. The molecule has 20 heavy (non-hydrogen) atoms. The molecule has 1 N–H and O–H groups in total. The second kappa shape index (κ2) is 5.72. The molecule has 2 nitrogen and oxygen atoms in total. The zero-order valence-electron chi connectivity index (χ0n) is 11.8. The first-order valence-corrected chi connectivity index (χ1v) is 6.94. The summed E-state index contributed by atoms with van der Waals surface area (Å²) in [5.41, 5.74) is 1.25. The first kappa shape index (κ1) is 13.9. The molecule has 1 aliphatic rings. The van der Waals surface area contributed by atoms with Crippen LogP contribution in [-0.2, 0) is 0 Å². The molecule has 0 atom stereocenters. The number of nitrogens with zero attached hydrogens (tertiary/aromatic N) is 1. The van der Waals surface area contributed by atoms with E-state index in [9.17, 15) is 0 Å². The molecule has 3 heteroatoms. The second-order valence-corrected chi connectivity index (χ2v) is 5.34. The van der Waals surface area contributed by atoms with Crippen LogP contribution in [0.25, 0.3) is 21.5 Å². The number of aromatic nitrogens is 1. The molecule has 0 spiro atoms. The summed E-state index contributed by atoms with van der Waals surface area (Å²) < 4.78 is 0. The van der Waals surface area contributed by atoms with Crippen molar-refractivity contribution in [2.75, 3.05) is 5.32 Å². The van der Waals surface area contributed by atoms with E-state index < -0.39 is 0 Å². The number of hydrogen-bond donors (Lipinski definition) is 1. The Morgan fingerprint density at radius 2 is 1.85 bits per heavy atom. The zero-order valence-corrected chi connectivity index (χ0v) is 13.8. The molecule has 95 valence electrons. The SMILES string of the molecule is [Na].c1ccc2c(c1)cc(NC1CCC1)c1ccncc12. The van der Waals surface area contributed by atoms with Gasteiger partial charge in [0.1, 0.15) is 0 Å². The van der Waals surface area contributed by atoms with Crippen LogP contribution in [0.1, 0.15) is 19.3 Å². The molecule has 1 aliphatic carbocycles. The summed E-state index contributed by atoms with van der Waals surface area (Å²) in [4.78, 5) is 4.29. The van der Waals surface area contributed by atoms with Crippen molar-refractivity contribution in [2.24, 2.45) is 0 Å². The van der Waals surface area contributed by atoms with Gasteiger partial charge in [0.15, 0.2) is 0 Å². The van der Waals surface area contributed by atoms with Crippen LogP contribution in [0.3, 0.4) is 0 Å². The smallest absolute Gasteiger partial charge is 0.0429 e. The molecule has 1 aromatic heterocycles. The van der Waals surface area contributed by atoms with Crippen LogP contribution in [0.4, 0.5) is 5.69 Å². The maximum Gasteiger partial charge on any atom is 0.0429 e. The van der Waals surface area contributed by atoms with E-state index >= 15 is 0 Å². The van der Waals surface area contributed by atoms with Gasteiger partial charge in [0.25, 0.3) is 0 Å². The first-order chi connectivity index (χ1) is 9.42. The van der Waals surface area contributed by atoms with Crippen molar-refractivity contribution in [2.45, 2.75) is 25.3 Å². The van der Waals surface area contributed by atoms with Gasteiger partial charge in [-0.05, 0) is 42.2 Å². The van der Waals surface area contributed by atoms with Gasteiger partial charge in [0.2, 0.25) is 0 Å². The van der Waals surface area contributed by atoms with E-state index in [0.717, 1.165) is 0 Å². The Kier molecular flexibility index (Phi) is 3.97. The summed E-state index contributed by atoms with van der Waals surface area (Å²) >= 11 is 0. The third kappa shape index (κ3) is 2.32. The van der Waals surface area contributed by atoms with E-state index in [1.54, 1.807) is 0 Å². The fraction of sp³-hybridized carbons (Fsp3) is 0.235. The number of pyridine rings is 1. The number of rotatable bonds is 2. The van der Waals surface area contributed by atoms with Crippen molar-refractivity contribution in [3.63, 3.8) is 0 Å². The fourth-order valence-electron chi connectivity index (χ4n) is 2.84. The number of benzene rings is 2. The predicted molar refractivity (Wildman–Crippen MR) is 86.3 cm³/mol. The van der Waals surface area contributed by atoms with Crippen LogP contribution < -0.4 is 5.32 Å². The third-order valence-corrected chi connectivity index (χ3v) is 4.13. The minimum atomic E-state index is 0. The summed E-state index contributed by atoms with van der Waals surface area (Å²) in [7, 11) is 0. The standard InChI is InChI=1S/C17H16N2.Na/c1-2-7-14-12(4-1)10-17(19-13-5-3-6-13)15-8-9-18-11-16(14)15;/h1-2,4,7-11,13,19H,3,5-6H2;. The number of hydrogen-bond acceptors (Lipinski definition) is 2. The van der Waals surface area contributed by atoms with Crippen molar-refractivity contribution in [3.05, 3.63) is 48.8 Å². The molecule has 3 aromatic rings. The van der Waals surface area contributed by atoms with Gasteiger partial charge in [0.05, 0.1) is 0 Å². The van der Waals surface area contributed by atoms with Crippen LogP contribution in [0.5, 0.6) is 0 Å². The maximum absolute atomic E-state index is 4.29. The van der Waals surface area contributed by atoms with E-state index in [-0.39, 0.29) is 29.6 Å². The normalized spacial score (nSPS) is 14.8. The monoisotopic (exact) mass is 271 g/mol. The molecule has 0 unspecified atom stereocenters. The van der Waals surface area contributed by atoms with Crippen molar-refractivity contribution in [3.8, 4) is 0 Å². The van der Waals surface area contributed by atoms with E-state index in [1.807, 2.05) is 12.4 Å². The van der Waals surface area contributed by atoms with Crippen molar-refractivity contribution >= 4 is 56.8 Å². The van der Waals surface area contributed by atoms with Gasteiger partial charge >= 0.3 is 0 Å². The fourth-order valence-corrected chi connectivity index (χ4v) is 2.84.